The van der Waals surface area contributed by atoms with Gasteiger partial charge in [0.15, 0.2) is 5.69 Å². The molecule has 0 fully saturated rings. The third kappa shape index (κ3) is 2.60. The number of H-pyrrole nitrogens is 1. The number of aromatic amines is 1. The molecule has 1 aromatic heterocycles. The standard InChI is InChI=1S/C12H11N3O3/c1-18-12(16)10-7-13-11(14-10)6-8-2-4-9(15-17)5-3-8/h2-5,7H,6H2,1H3,(H,13,14). The second-order valence-electron chi connectivity index (χ2n) is 3.66. The predicted octanol–water partition coefficient (Wildman–Crippen LogP) is 2.18. The number of hydrogen-bond donors (Lipinski definition) is 1. The van der Waals surface area contributed by atoms with Gasteiger partial charge in [0.1, 0.15) is 11.5 Å². The van der Waals surface area contributed by atoms with Crippen molar-refractivity contribution in [1.82, 2.24) is 9.97 Å². The Labute approximate surface area is 103 Å². The summed E-state index contributed by atoms with van der Waals surface area (Å²) in [4.78, 5) is 28.5. The molecule has 0 saturated carbocycles. The van der Waals surface area contributed by atoms with Gasteiger partial charge in [-0.15, -0.1) is 4.91 Å². The van der Waals surface area contributed by atoms with Gasteiger partial charge in [0.2, 0.25) is 0 Å². The first-order chi connectivity index (χ1) is 8.72. The van der Waals surface area contributed by atoms with E-state index < -0.39 is 5.97 Å². The maximum atomic E-state index is 11.2. The van der Waals surface area contributed by atoms with E-state index in [1.54, 1.807) is 24.3 Å². The van der Waals surface area contributed by atoms with Crippen molar-refractivity contribution in [2.24, 2.45) is 5.18 Å². The van der Waals surface area contributed by atoms with Gasteiger partial charge >= 0.3 is 5.97 Å². The van der Waals surface area contributed by atoms with Gasteiger partial charge in [0.25, 0.3) is 0 Å². The molecule has 0 atom stereocenters. The van der Waals surface area contributed by atoms with Gasteiger partial charge in [-0.1, -0.05) is 12.1 Å². The number of nitrogens with one attached hydrogen (secondary N) is 1. The van der Waals surface area contributed by atoms with Crippen LogP contribution in [0.4, 0.5) is 5.69 Å². The highest BCUT2D eigenvalue weighted by molar-refractivity contribution is 5.86. The topological polar surface area (TPSA) is 84.4 Å². The quantitative estimate of drug-likeness (QED) is 0.660. The van der Waals surface area contributed by atoms with Crippen LogP contribution in [0.2, 0.25) is 0 Å². The summed E-state index contributed by atoms with van der Waals surface area (Å²) in [5.41, 5.74) is 1.60. The van der Waals surface area contributed by atoms with Gasteiger partial charge in [-0.05, 0) is 22.9 Å². The summed E-state index contributed by atoms with van der Waals surface area (Å²) in [6.07, 6.45) is 2.04. The fraction of sp³-hybridized carbons (Fsp3) is 0.167. The van der Waals surface area contributed by atoms with Gasteiger partial charge in [0.05, 0.1) is 7.11 Å². The van der Waals surface area contributed by atoms with Crippen LogP contribution in [0.5, 0.6) is 0 Å². The van der Waals surface area contributed by atoms with E-state index in [2.05, 4.69) is 19.9 Å². The number of carbonyl (C=O) groups excluding carboxylic acids is 1. The largest absolute Gasteiger partial charge is 0.464 e. The SMILES string of the molecule is COC(=O)c1c[nH]c(Cc2ccc(N=O)cc2)n1. The zero-order chi connectivity index (χ0) is 13.0. The molecule has 18 heavy (non-hydrogen) atoms. The van der Waals surface area contributed by atoms with Crippen molar-refractivity contribution < 1.29 is 9.53 Å². The Morgan fingerprint density at radius 1 is 1.39 bits per heavy atom. The molecule has 0 aliphatic rings. The first-order valence-corrected chi connectivity index (χ1v) is 5.28. The molecule has 0 amide bonds. The number of imidazole rings is 1. The number of hydrogen-bond acceptors (Lipinski definition) is 5. The zero-order valence-corrected chi connectivity index (χ0v) is 9.71. The van der Waals surface area contributed by atoms with Crippen LogP contribution in [0.25, 0.3) is 0 Å². The monoisotopic (exact) mass is 245 g/mol. The number of ether oxygens (including phenoxy) is 1. The average Bonchev–Trinajstić information content (AvgIpc) is 2.87. The minimum Gasteiger partial charge on any atom is -0.464 e. The van der Waals surface area contributed by atoms with Crippen molar-refractivity contribution in [3.8, 4) is 0 Å². The minimum absolute atomic E-state index is 0.249. The third-order valence-electron chi connectivity index (χ3n) is 2.44. The fourth-order valence-electron chi connectivity index (χ4n) is 1.53. The molecule has 0 radical (unpaired) electrons. The lowest BCUT2D eigenvalue weighted by Gasteiger charge is -1.98. The summed E-state index contributed by atoms with van der Waals surface area (Å²) in [5.74, 6) is 0.181. The Morgan fingerprint density at radius 2 is 2.11 bits per heavy atom. The number of nitroso groups, excluding NO2 is 1. The summed E-state index contributed by atoms with van der Waals surface area (Å²) in [5, 5.41) is 2.82. The van der Waals surface area contributed by atoms with Crippen LogP contribution in [0, 0.1) is 4.91 Å². The second-order valence-corrected chi connectivity index (χ2v) is 3.66. The zero-order valence-electron chi connectivity index (χ0n) is 9.71. The Hall–Kier alpha value is -2.50. The maximum Gasteiger partial charge on any atom is 0.358 e. The number of aromatic nitrogens is 2. The molecule has 92 valence electrons. The molecule has 0 saturated heterocycles. The molecule has 0 bridgehead atoms. The lowest BCUT2D eigenvalue weighted by molar-refractivity contribution is 0.0594. The lowest BCUT2D eigenvalue weighted by atomic mass is 10.1. The van der Waals surface area contributed by atoms with Gasteiger partial charge in [0, 0.05) is 12.6 Å². The normalized spacial score (nSPS) is 10.1. The van der Waals surface area contributed by atoms with Crippen molar-refractivity contribution in [2.45, 2.75) is 6.42 Å². The minimum atomic E-state index is -0.474. The number of nitrogens with zero attached hydrogens (tertiary/aromatic N) is 2. The molecule has 0 unspecified atom stereocenters. The number of carbonyl (C=O) groups is 1. The van der Waals surface area contributed by atoms with Gasteiger partial charge < -0.3 is 9.72 Å². The predicted molar refractivity (Wildman–Crippen MR) is 64.6 cm³/mol. The summed E-state index contributed by atoms with van der Waals surface area (Å²) in [6, 6.07) is 6.84. The molecular weight excluding hydrogens is 234 g/mol. The van der Waals surface area contributed by atoms with Crippen LogP contribution in [-0.2, 0) is 11.2 Å². The molecule has 2 rings (SSSR count). The van der Waals surface area contributed by atoms with E-state index in [0.29, 0.717) is 17.9 Å². The molecule has 1 heterocycles. The average molecular weight is 245 g/mol. The number of esters is 1. The molecule has 0 aliphatic carbocycles. The second kappa shape index (κ2) is 5.22. The highest BCUT2D eigenvalue weighted by Crippen LogP contribution is 2.14. The first-order valence-electron chi connectivity index (χ1n) is 5.28. The molecular formula is C12H11N3O3. The van der Waals surface area contributed by atoms with Crippen LogP contribution in [0.3, 0.4) is 0 Å². The summed E-state index contributed by atoms with van der Waals surface area (Å²) in [6.45, 7) is 0. The van der Waals surface area contributed by atoms with Crippen LogP contribution in [-0.4, -0.2) is 23.0 Å². The third-order valence-corrected chi connectivity index (χ3v) is 2.44. The van der Waals surface area contributed by atoms with Crippen LogP contribution in [0.1, 0.15) is 21.9 Å². The van der Waals surface area contributed by atoms with E-state index in [1.165, 1.54) is 13.3 Å². The molecule has 2 aromatic rings. The summed E-state index contributed by atoms with van der Waals surface area (Å²) in [7, 11) is 1.31. The lowest BCUT2D eigenvalue weighted by Crippen LogP contribution is -2.01. The first kappa shape index (κ1) is 12.0. The van der Waals surface area contributed by atoms with Crippen LogP contribution < -0.4 is 0 Å². The highest BCUT2D eigenvalue weighted by atomic mass is 16.5. The van der Waals surface area contributed by atoms with E-state index in [1.807, 2.05) is 0 Å². The molecule has 1 N–H and O–H groups in total. The van der Waals surface area contributed by atoms with Crippen molar-refractivity contribution in [3.63, 3.8) is 0 Å². The van der Waals surface area contributed by atoms with E-state index in [0.717, 1.165) is 5.56 Å². The van der Waals surface area contributed by atoms with E-state index in [9.17, 15) is 9.70 Å². The van der Waals surface area contributed by atoms with Crippen molar-refractivity contribution >= 4 is 11.7 Å². The van der Waals surface area contributed by atoms with Crippen molar-refractivity contribution in [2.75, 3.05) is 7.11 Å². The molecule has 6 heteroatoms. The van der Waals surface area contributed by atoms with Crippen molar-refractivity contribution in [1.29, 1.82) is 0 Å². The fourth-order valence-corrected chi connectivity index (χ4v) is 1.53. The number of rotatable bonds is 4. The van der Waals surface area contributed by atoms with Gasteiger partial charge in [-0.3, -0.25) is 0 Å². The van der Waals surface area contributed by atoms with Crippen molar-refractivity contribution in [3.05, 3.63) is 52.5 Å². The smallest absolute Gasteiger partial charge is 0.358 e. The Kier molecular flexibility index (Phi) is 3.47. The molecule has 6 nitrogen and oxygen atoms in total. The van der Waals surface area contributed by atoms with Crippen LogP contribution in [0.15, 0.2) is 35.6 Å². The van der Waals surface area contributed by atoms with Gasteiger partial charge in [-0.25, -0.2) is 9.78 Å². The maximum absolute atomic E-state index is 11.2. The molecule has 1 aromatic carbocycles. The molecule has 0 spiro atoms. The van der Waals surface area contributed by atoms with Gasteiger partial charge in [-0.2, -0.15) is 0 Å². The van der Waals surface area contributed by atoms with Crippen LogP contribution >= 0.6 is 0 Å². The Morgan fingerprint density at radius 3 is 2.72 bits per heavy atom. The Balaban J connectivity index is 2.10. The van der Waals surface area contributed by atoms with E-state index >= 15 is 0 Å². The Bertz CT molecular complexity index is 560. The molecule has 0 aliphatic heterocycles. The number of methoxy groups -OCH3 is 1. The summed E-state index contributed by atoms with van der Waals surface area (Å²) >= 11 is 0. The van der Waals surface area contributed by atoms with E-state index in [-0.39, 0.29) is 5.69 Å². The highest BCUT2D eigenvalue weighted by Gasteiger charge is 2.10. The number of benzene rings is 1. The summed E-state index contributed by atoms with van der Waals surface area (Å²) < 4.78 is 4.56. The van der Waals surface area contributed by atoms with E-state index in [4.69, 9.17) is 0 Å².